The van der Waals surface area contributed by atoms with Crippen LogP contribution in [-0.2, 0) is 9.59 Å². The van der Waals surface area contributed by atoms with Crippen LogP contribution < -0.4 is 0 Å². The molecule has 2 aliphatic rings. The molecule has 0 N–H and O–H groups in total. The highest BCUT2D eigenvalue weighted by molar-refractivity contribution is 5.78. The predicted molar refractivity (Wildman–Crippen MR) is 148 cm³/mol. The highest BCUT2D eigenvalue weighted by atomic mass is 16.1. The maximum atomic E-state index is 11.6. The number of allylic oxidation sites excluding steroid dienone is 4. The molecule has 0 radical (unpaired) electrons. The van der Waals surface area contributed by atoms with Gasteiger partial charge in [-0.1, -0.05) is 88.5 Å². The average molecular weight is 473 g/mol. The molecule has 0 aromatic carbocycles. The lowest BCUT2D eigenvalue weighted by Crippen LogP contribution is -1.97. The molecule has 0 spiro atoms. The summed E-state index contributed by atoms with van der Waals surface area (Å²) < 4.78 is 0. The first-order chi connectivity index (χ1) is 16.8. The molecule has 2 aliphatic carbocycles. The van der Waals surface area contributed by atoms with Gasteiger partial charge in [0.1, 0.15) is 11.6 Å². The third-order valence-corrected chi connectivity index (χ3v) is 7.14. The average Bonchev–Trinajstić information content (AvgIpc) is 2.83. The van der Waals surface area contributed by atoms with Gasteiger partial charge in [0.05, 0.1) is 0 Å². The largest absolute Gasteiger partial charge is 0.300 e. The molecule has 0 heterocycles. The summed E-state index contributed by atoms with van der Waals surface area (Å²) in [6.45, 7) is 0. The van der Waals surface area contributed by atoms with Crippen LogP contribution in [0, 0.1) is 0 Å². The number of Topliss-reactive ketones (excluding diaryl/α,β-unsaturated/α-hetero) is 2. The van der Waals surface area contributed by atoms with E-state index in [0.717, 1.165) is 51.4 Å². The van der Waals surface area contributed by atoms with Crippen molar-refractivity contribution in [2.75, 3.05) is 0 Å². The Morgan fingerprint density at radius 2 is 0.500 bits per heavy atom. The fraction of sp³-hybridized carbons (Fsp3) is 0.812. The Labute approximate surface area is 212 Å². The predicted octanol–water partition coefficient (Wildman–Crippen LogP) is 10.4. The molecule has 2 nitrogen and oxygen atoms in total. The van der Waals surface area contributed by atoms with E-state index in [2.05, 4.69) is 24.3 Å². The molecule has 2 rings (SSSR count). The van der Waals surface area contributed by atoms with Gasteiger partial charge in [0.2, 0.25) is 0 Å². The SMILES string of the molecule is O=C1CCCCC/C=C\CCCCCCCC1.O=C1CCCCCC/C=C\CCCCCCC1. The highest BCUT2D eigenvalue weighted by Crippen LogP contribution is 2.14. The van der Waals surface area contributed by atoms with Gasteiger partial charge in [0, 0.05) is 25.7 Å². The molecule has 0 amide bonds. The second kappa shape index (κ2) is 24.9. The van der Waals surface area contributed by atoms with Crippen LogP contribution in [0.3, 0.4) is 0 Å². The second-order valence-corrected chi connectivity index (χ2v) is 10.5. The number of hydrogen-bond acceptors (Lipinski definition) is 2. The van der Waals surface area contributed by atoms with Crippen molar-refractivity contribution < 1.29 is 9.59 Å². The van der Waals surface area contributed by atoms with E-state index in [-0.39, 0.29) is 0 Å². The minimum atomic E-state index is 0.493. The molecular formula is C32H56O2. The van der Waals surface area contributed by atoms with Gasteiger partial charge in [-0.3, -0.25) is 9.59 Å². The summed E-state index contributed by atoms with van der Waals surface area (Å²) in [6, 6.07) is 0. The lowest BCUT2D eigenvalue weighted by Gasteiger charge is -2.03. The monoisotopic (exact) mass is 472 g/mol. The smallest absolute Gasteiger partial charge is 0.132 e. The topological polar surface area (TPSA) is 34.1 Å². The van der Waals surface area contributed by atoms with Gasteiger partial charge in [-0.05, 0) is 77.0 Å². The van der Waals surface area contributed by atoms with Crippen LogP contribution in [0.4, 0.5) is 0 Å². The molecule has 0 saturated carbocycles. The van der Waals surface area contributed by atoms with Crippen molar-refractivity contribution in [2.24, 2.45) is 0 Å². The number of ketones is 2. The Morgan fingerprint density at radius 1 is 0.294 bits per heavy atom. The van der Waals surface area contributed by atoms with Gasteiger partial charge >= 0.3 is 0 Å². The summed E-state index contributed by atoms with van der Waals surface area (Å²) in [5.41, 5.74) is 0. The first kappa shape index (κ1) is 30.9. The zero-order valence-corrected chi connectivity index (χ0v) is 22.5. The molecule has 0 aliphatic heterocycles. The van der Waals surface area contributed by atoms with Crippen molar-refractivity contribution in [1.29, 1.82) is 0 Å². The molecule has 0 unspecified atom stereocenters. The van der Waals surface area contributed by atoms with Crippen molar-refractivity contribution in [3.8, 4) is 0 Å². The standard InChI is InChI=1S/2C16H28O/c2*17-16-14-12-10-8-6-4-2-1-3-5-7-9-11-13-15-16/h2,4H,1,3,5-15H2;1-2H,3-15H2/b4-2-;2-1-. The van der Waals surface area contributed by atoms with Crippen LogP contribution >= 0.6 is 0 Å². The number of carbonyl (C=O) groups is 2. The van der Waals surface area contributed by atoms with Crippen molar-refractivity contribution in [1.82, 2.24) is 0 Å². The summed E-state index contributed by atoms with van der Waals surface area (Å²) >= 11 is 0. The molecule has 34 heavy (non-hydrogen) atoms. The highest BCUT2D eigenvalue weighted by Gasteiger charge is 2.03. The van der Waals surface area contributed by atoms with E-state index in [1.165, 1.54) is 116 Å². The maximum Gasteiger partial charge on any atom is 0.132 e. The number of hydrogen-bond donors (Lipinski definition) is 0. The number of carbonyl (C=O) groups excluding carboxylic acids is 2. The van der Waals surface area contributed by atoms with Gasteiger partial charge in [-0.2, -0.15) is 0 Å². The van der Waals surface area contributed by atoms with Crippen LogP contribution in [0.25, 0.3) is 0 Å². The van der Waals surface area contributed by atoms with E-state index in [1.54, 1.807) is 0 Å². The van der Waals surface area contributed by atoms with Gasteiger partial charge in [-0.15, -0.1) is 0 Å². The first-order valence-corrected chi connectivity index (χ1v) is 15.1. The van der Waals surface area contributed by atoms with Crippen LogP contribution in [-0.4, -0.2) is 11.6 Å². The summed E-state index contributed by atoms with van der Waals surface area (Å²) in [7, 11) is 0. The minimum Gasteiger partial charge on any atom is -0.300 e. The normalized spacial score (nSPS) is 24.4. The number of rotatable bonds is 0. The van der Waals surface area contributed by atoms with Gasteiger partial charge < -0.3 is 0 Å². The van der Waals surface area contributed by atoms with Crippen LogP contribution in [0.15, 0.2) is 24.3 Å². The van der Waals surface area contributed by atoms with Crippen LogP contribution in [0.1, 0.15) is 167 Å². The summed E-state index contributed by atoms with van der Waals surface area (Å²) in [5.74, 6) is 0.990. The van der Waals surface area contributed by atoms with Gasteiger partial charge in [0.15, 0.2) is 0 Å². The molecule has 0 saturated heterocycles. The van der Waals surface area contributed by atoms with E-state index in [9.17, 15) is 9.59 Å². The minimum absolute atomic E-state index is 0.493. The van der Waals surface area contributed by atoms with Gasteiger partial charge in [0.25, 0.3) is 0 Å². The Bertz CT molecular complexity index is 531. The fourth-order valence-electron chi connectivity index (χ4n) is 4.83. The quantitative estimate of drug-likeness (QED) is 0.328. The maximum absolute atomic E-state index is 11.6. The molecule has 0 aromatic rings. The third-order valence-electron chi connectivity index (χ3n) is 7.14. The fourth-order valence-corrected chi connectivity index (χ4v) is 4.83. The molecule has 0 atom stereocenters. The lowest BCUT2D eigenvalue weighted by atomic mass is 10.0. The zero-order chi connectivity index (χ0) is 24.4. The Morgan fingerprint density at radius 3 is 0.794 bits per heavy atom. The van der Waals surface area contributed by atoms with E-state index < -0.39 is 0 Å². The van der Waals surface area contributed by atoms with Crippen LogP contribution in [0.2, 0.25) is 0 Å². The van der Waals surface area contributed by atoms with Crippen LogP contribution in [0.5, 0.6) is 0 Å². The van der Waals surface area contributed by atoms with E-state index in [0.29, 0.717) is 11.6 Å². The molecular weight excluding hydrogens is 416 g/mol. The van der Waals surface area contributed by atoms with Crippen molar-refractivity contribution in [3.05, 3.63) is 24.3 Å². The Kier molecular flexibility index (Phi) is 22.6. The first-order valence-electron chi connectivity index (χ1n) is 15.1. The van der Waals surface area contributed by atoms with E-state index >= 15 is 0 Å². The summed E-state index contributed by atoms with van der Waals surface area (Å²) in [5, 5.41) is 0. The van der Waals surface area contributed by atoms with E-state index in [4.69, 9.17) is 0 Å². The molecule has 2 heteroatoms. The van der Waals surface area contributed by atoms with Crippen molar-refractivity contribution in [3.63, 3.8) is 0 Å². The second-order valence-electron chi connectivity index (χ2n) is 10.5. The molecule has 0 bridgehead atoms. The Balaban J connectivity index is 0.000000340. The van der Waals surface area contributed by atoms with Gasteiger partial charge in [-0.25, -0.2) is 0 Å². The Hall–Kier alpha value is -1.18. The van der Waals surface area contributed by atoms with E-state index in [1.807, 2.05) is 0 Å². The van der Waals surface area contributed by atoms with Crippen molar-refractivity contribution >= 4 is 11.6 Å². The molecule has 0 fully saturated rings. The third kappa shape index (κ3) is 22.6. The molecule has 196 valence electrons. The summed E-state index contributed by atoms with van der Waals surface area (Å²) in [4.78, 5) is 23.1. The zero-order valence-electron chi connectivity index (χ0n) is 22.5. The summed E-state index contributed by atoms with van der Waals surface area (Å²) in [6.07, 6.45) is 40.2. The molecule has 0 aromatic heterocycles. The lowest BCUT2D eigenvalue weighted by molar-refractivity contribution is -0.120. The van der Waals surface area contributed by atoms with Crippen molar-refractivity contribution in [2.45, 2.75) is 167 Å².